The normalized spacial score (nSPS) is 18.1. The average Bonchev–Trinajstić information content (AvgIpc) is 2.52. The second-order valence-electron chi connectivity index (χ2n) is 10.00. The Kier molecular flexibility index (Phi) is 13.5. The molecular weight excluding hydrogens is 348 g/mol. The van der Waals surface area contributed by atoms with E-state index in [0.29, 0.717) is 42.4 Å². The van der Waals surface area contributed by atoms with Gasteiger partial charge < -0.3 is 10.6 Å². The lowest BCUT2D eigenvalue weighted by atomic mass is 9.87. The summed E-state index contributed by atoms with van der Waals surface area (Å²) in [6.07, 6.45) is 5.26. The van der Waals surface area contributed by atoms with E-state index in [1.807, 2.05) is 13.8 Å². The summed E-state index contributed by atoms with van der Waals surface area (Å²) in [4.78, 5) is 24.5. The van der Waals surface area contributed by atoms with Crippen LogP contribution in [0.1, 0.15) is 101 Å². The number of hydrogen-bond donors (Lipinski definition) is 2. The number of carbonyl (C=O) groups excluding carboxylic acids is 2. The Morgan fingerprint density at radius 2 is 1.07 bits per heavy atom. The van der Waals surface area contributed by atoms with Crippen LogP contribution in [0.2, 0.25) is 0 Å². The predicted molar refractivity (Wildman–Crippen MR) is 120 cm³/mol. The zero-order valence-corrected chi connectivity index (χ0v) is 20.1. The molecule has 0 rings (SSSR count). The highest BCUT2D eigenvalue weighted by Gasteiger charge is 2.18. The molecule has 0 heterocycles. The molecule has 0 radical (unpaired) electrons. The van der Waals surface area contributed by atoms with Gasteiger partial charge in [-0.2, -0.15) is 0 Å². The second-order valence-corrected chi connectivity index (χ2v) is 10.00. The fourth-order valence-electron chi connectivity index (χ4n) is 3.88. The third-order valence-corrected chi connectivity index (χ3v) is 6.00. The lowest BCUT2D eigenvalue weighted by Gasteiger charge is -2.23. The summed E-state index contributed by atoms with van der Waals surface area (Å²) >= 11 is 0. The van der Waals surface area contributed by atoms with Crippen molar-refractivity contribution in [3.63, 3.8) is 0 Å². The van der Waals surface area contributed by atoms with Crippen molar-refractivity contribution in [3.8, 4) is 0 Å². The zero-order valence-electron chi connectivity index (χ0n) is 20.1. The monoisotopic (exact) mass is 396 g/mol. The molecule has 4 nitrogen and oxygen atoms in total. The topological polar surface area (TPSA) is 58.2 Å². The Balaban J connectivity index is 4.17. The van der Waals surface area contributed by atoms with Gasteiger partial charge in [-0.3, -0.25) is 9.59 Å². The van der Waals surface area contributed by atoms with E-state index in [0.717, 1.165) is 25.7 Å². The Labute approximate surface area is 175 Å². The van der Waals surface area contributed by atoms with Gasteiger partial charge in [0.2, 0.25) is 11.8 Å². The Hall–Kier alpha value is -1.06. The van der Waals surface area contributed by atoms with Gasteiger partial charge in [-0.15, -0.1) is 0 Å². The van der Waals surface area contributed by atoms with Crippen LogP contribution in [0.4, 0.5) is 0 Å². The van der Waals surface area contributed by atoms with Crippen LogP contribution in [-0.4, -0.2) is 23.9 Å². The summed E-state index contributed by atoms with van der Waals surface area (Å²) in [5.74, 6) is 3.01. The van der Waals surface area contributed by atoms with Gasteiger partial charge >= 0.3 is 0 Å². The Bertz CT molecular complexity index is 450. The van der Waals surface area contributed by atoms with Crippen molar-refractivity contribution in [2.75, 3.05) is 0 Å². The lowest BCUT2D eigenvalue weighted by Crippen LogP contribution is -2.41. The summed E-state index contributed by atoms with van der Waals surface area (Å²) in [5, 5.41) is 6.20. The maximum Gasteiger partial charge on any atom is 0.220 e. The fourth-order valence-corrected chi connectivity index (χ4v) is 3.88. The summed E-state index contributed by atoms with van der Waals surface area (Å²) in [5.41, 5.74) is 0. The Morgan fingerprint density at radius 1 is 0.643 bits per heavy atom. The van der Waals surface area contributed by atoms with E-state index in [1.54, 1.807) is 0 Å². The van der Waals surface area contributed by atoms with Crippen molar-refractivity contribution in [1.82, 2.24) is 10.6 Å². The van der Waals surface area contributed by atoms with Crippen LogP contribution >= 0.6 is 0 Å². The SMILES string of the molecule is CCC(C)CC(C)CC(=O)NC(C)CC(C)NC(=O)CC(C)CC(C)C(C)C. The fraction of sp³-hybridized carbons (Fsp3) is 0.917. The lowest BCUT2D eigenvalue weighted by molar-refractivity contribution is -0.122. The molecule has 0 bridgehead atoms. The first kappa shape index (κ1) is 26.9. The van der Waals surface area contributed by atoms with E-state index in [1.165, 1.54) is 0 Å². The highest BCUT2D eigenvalue weighted by atomic mass is 16.2. The summed E-state index contributed by atoms with van der Waals surface area (Å²) in [6, 6.07) is 0.132. The van der Waals surface area contributed by atoms with Gasteiger partial charge in [0.1, 0.15) is 0 Å². The molecule has 0 aliphatic heterocycles. The maximum atomic E-state index is 12.3. The molecule has 0 aromatic heterocycles. The highest BCUT2D eigenvalue weighted by molar-refractivity contribution is 5.77. The number of carbonyl (C=O) groups is 2. The van der Waals surface area contributed by atoms with Crippen LogP contribution in [0.25, 0.3) is 0 Å². The molecule has 2 amide bonds. The number of rotatable bonds is 14. The molecule has 166 valence electrons. The molecule has 6 atom stereocenters. The average molecular weight is 397 g/mol. The molecule has 6 unspecified atom stereocenters. The van der Waals surface area contributed by atoms with Crippen molar-refractivity contribution in [1.29, 1.82) is 0 Å². The van der Waals surface area contributed by atoms with E-state index < -0.39 is 0 Å². The molecule has 0 aliphatic carbocycles. The van der Waals surface area contributed by atoms with E-state index in [-0.39, 0.29) is 23.9 Å². The smallest absolute Gasteiger partial charge is 0.220 e. The minimum Gasteiger partial charge on any atom is -0.354 e. The first-order valence-corrected chi connectivity index (χ1v) is 11.5. The van der Waals surface area contributed by atoms with E-state index in [4.69, 9.17) is 0 Å². The third-order valence-electron chi connectivity index (χ3n) is 6.00. The van der Waals surface area contributed by atoms with Gasteiger partial charge in [0, 0.05) is 24.9 Å². The van der Waals surface area contributed by atoms with E-state index in [2.05, 4.69) is 59.1 Å². The van der Waals surface area contributed by atoms with E-state index >= 15 is 0 Å². The highest BCUT2D eigenvalue weighted by Crippen LogP contribution is 2.21. The molecule has 0 fully saturated rings. The van der Waals surface area contributed by atoms with Crippen LogP contribution in [0.3, 0.4) is 0 Å². The molecular formula is C24H48N2O2. The third kappa shape index (κ3) is 13.2. The first-order chi connectivity index (χ1) is 12.9. The van der Waals surface area contributed by atoms with Gasteiger partial charge in [-0.1, -0.05) is 54.9 Å². The maximum absolute atomic E-state index is 12.3. The van der Waals surface area contributed by atoms with Gasteiger partial charge in [0.15, 0.2) is 0 Å². The van der Waals surface area contributed by atoms with Crippen molar-refractivity contribution in [2.24, 2.45) is 29.6 Å². The standard InChI is InChI=1S/C24H48N2O2/c1-10-17(4)11-18(5)13-23(27)25-21(8)15-22(9)26-24(28)14-19(6)12-20(7)16(2)3/h16-22H,10-15H2,1-9H3,(H,25,27)(H,26,28). The van der Waals surface area contributed by atoms with Crippen LogP contribution in [-0.2, 0) is 9.59 Å². The van der Waals surface area contributed by atoms with Gasteiger partial charge in [0.05, 0.1) is 0 Å². The molecule has 28 heavy (non-hydrogen) atoms. The molecule has 0 saturated carbocycles. The summed E-state index contributed by atoms with van der Waals surface area (Å²) in [7, 11) is 0. The second kappa shape index (κ2) is 14.0. The van der Waals surface area contributed by atoms with Crippen molar-refractivity contribution in [3.05, 3.63) is 0 Å². The van der Waals surface area contributed by atoms with Gasteiger partial charge in [-0.25, -0.2) is 0 Å². The molecule has 0 aliphatic rings. The molecule has 0 spiro atoms. The van der Waals surface area contributed by atoms with Crippen LogP contribution < -0.4 is 10.6 Å². The zero-order chi connectivity index (χ0) is 21.9. The van der Waals surface area contributed by atoms with Gasteiger partial charge in [-0.05, 0) is 62.7 Å². The van der Waals surface area contributed by atoms with Crippen LogP contribution in [0, 0.1) is 29.6 Å². The quantitative estimate of drug-likeness (QED) is 0.404. The predicted octanol–water partition coefficient (Wildman–Crippen LogP) is 5.56. The van der Waals surface area contributed by atoms with Crippen molar-refractivity contribution < 1.29 is 9.59 Å². The minimum atomic E-state index is 0.0649. The van der Waals surface area contributed by atoms with Crippen molar-refractivity contribution in [2.45, 2.75) is 113 Å². The molecule has 2 N–H and O–H groups in total. The van der Waals surface area contributed by atoms with E-state index in [9.17, 15) is 9.59 Å². The van der Waals surface area contributed by atoms with Crippen molar-refractivity contribution >= 4 is 11.8 Å². The summed E-state index contributed by atoms with van der Waals surface area (Å²) in [6.45, 7) is 19.5. The first-order valence-electron chi connectivity index (χ1n) is 11.5. The van der Waals surface area contributed by atoms with Crippen LogP contribution in [0.5, 0.6) is 0 Å². The summed E-state index contributed by atoms with van der Waals surface area (Å²) < 4.78 is 0. The molecule has 4 heteroatoms. The number of nitrogens with one attached hydrogen (secondary N) is 2. The minimum absolute atomic E-state index is 0.0649. The largest absolute Gasteiger partial charge is 0.354 e. The Morgan fingerprint density at radius 3 is 1.46 bits per heavy atom. The number of hydrogen-bond acceptors (Lipinski definition) is 2. The number of amides is 2. The molecule has 0 aromatic carbocycles. The van der Waals surface area contributed by atoms with Gasteiger partial charge in [0.25, 0.3) is 0 Å². The molecule has 0 aromatic rings. The molecule has 0 saturated heterocycles. The van der Waals surface area contributed by atoms with Crippen LogP contribution in [0.15, 0.2) is 0 Å².